The minimum Gasteiger partial charge on any atom is -0.508 e. The number of aromatic hydroxyl groups is 1. The van der Waals surface area contributed by atoms with Crippen molar-refractivity contribution in [3.8, 4) is 11.5 Å². The maximum absolute atomic E-state index is 9.55. The number of allylic oxidation sites excluding steroid dienone is 2. The van der Waals surface area contributed by atoms with Crippen LogP contribution < -0.4 is 4.74 Å². The standard InChI is InChI=1S/C13H16O2/c1-15-13-8-11(7-12(14)9-13)10-5-3-2-4-6-10/h5,7-9,14H,2-4,6H2,1H3. The van der Waals surface area contributed by atoms with Crippen LogP contribution in [0.2, 0.25) is 0 Å². The Balaban J connectivity index is 2.34. The van der Waals surface area contributed by atoms with Gasteiger partial charge in [-0.3, -0.25) is 0 Å². The second kappa shape index (κ2) is 4.39. The first-order chi connectivity index (χ1) is 7.29. The van der Waals surface area contributed by atoms with Crippen molar-refractivity contribution in [3.63, 3.8) is 0 Å². The second-order valence-corrected chi connectivity index (χ2v) is 3.89. The van der Waals surface area contributed by atoms with Gasteiger partial charge in [0, 0.05) is 6.07 Å². The molecule has 0 bridgehead atoms. The zero-order valence-electron chi connectivity index (χ0n) is 8.99. The number of benzene rings is 1. The van der Waals surface area contributed by atoms with Crippen LogP contribution in [-0.4, -0.2) is 12.2 Å². The molecule has 1 aliphatic rings. The predicted molar refractivity (Wildman–Crippen MR) is 61.1 cm³/mol. The summed E-state index contributed by atoms with van der Waals surface area (Å²) in [6.45, 7) is 0. The molecule has 1 N–H and O–H groups in total. The molecule has 0 fully saturated rings. The summed E-state index contributed by atoms with van der Waals surface area (Å²) in [5, 5.41) is 9.55. The Morgan fingerprint density at radius 1 is 1.20 bits per heavy atom. The Morgan fingerprint density at radius 2 is 2.07 bits per heavy atom. The lowest BCUT2D eigenvalue weighted by atomic mass is 9.93. The Labute approximate surface area is 90.2 Å². The van der Waals surface area contributed by atoms with Gasteiger partial charge in [-0.25, -0.2) is 0 Å². The molecule has 0 saturated heterocycles. The lowest BCUT2D eigenvalue weighted by molar-refractivity contribution is 0.407. The van der Waals surface area contributed by atoms with Gasteiger partial charge in [-0.1, -0.05) is 6.08 Å². The van der Waals surface area contributed by atoms with E-state index in [1.807, 2.05) is 6.07 Å². The molecule has 2 rings (SSSR count). The fourth-order valence-electron chi connectivity index (χ4n) is 1.99. The van der Waals surface area contributed by atoms with Crippen molar-refractivity contribution in [1.29, 1.82) is 0 Å². The Bertz CT molecular complexity index is 380. The maximum Gasteiger partial charge on any atom is 0.123 e. The third-order valence-electron chi connectivity index (χ3n) is 2.79. The van der Waals surface area contributed by atoms with Crippen molar-refractivity contribution in [2.24, 2.45) is 0 Å². The van der Waals surface area contributed by atoms with Crippen molar-refractivity contribution in [2.45, 2.75) is 25.7 Å². The molecule has 0 unspecified atom stereocenters. The molecule has 80 valence electrons. The van der Waals surface area contributed by atoms with E-state index < -0.39 is 0 Å². The van der Waals surface area contributed by atoms with E-state index in [0.29, 0.717) is 0 Å². The molecule has 0 atom stereocenters. The van der Waals surface area contributed by atoms with Gasteiger partial charge in [-0.15, -0.1) is 0 Å². The number of rotatable bonds is 2. The molecule has 1 aromatic rings. The van der Waals surface area contributed by atoms with Gasteiger partial charge in [0.25, 0.3) is 0 Å². The normalized spacial score (nSPS) is 15.9. The van der Waals surface area contributed by atoms with Crippen LogP contribution in [0.15, 0.2) is 24.3 Å². The maximum atomic E-state index is 9.55. The van der Waals surface area contributed by atoms with Gasteiger partial charge in [0.15, 0.2) is 0 Å². The highest BCUT2D eigenvalue weighted by Gasteiger charge is 2.08. The summed E-state index contributed by atoms with van der Waals surface area (Å²) < 4.78 is 5.14. The molecule has 0 spiro atoms. The van der Waals surface area contributed by atoms with Gasteiger partial charge < -0.3 is 9.84 Å². The van der Waals surface area contributed by atoms with Crippen LogP contribution in [0.3, 0.4) is 0 Å². The molecule has 0 aliphatic heterocycles. The van der Waals surface area contributed by atoms with Gasteiger partial charge in [0.1, 0.15) is 11.5 Å². The zero-order valence-corrected chi connectivity index (χ0v) is 8.99. The highest BCUT2D eigenvalue weighted by molar-refractivity contribution is 5.68. The number of phenolic OH excluding ortho intramolecular Hbond substituents is 1. The molecule has 2 heteroatoms. The van der Waals surface area contributed by atoms with Gasteiger partial charge in [0.2, 0.25) is 0 Å². The van der Waals surface area contributed by atoms with E-state index in [1.165, 1.54) is 18.4 Å². The number of methoxy groups -OCH3 is 1. The van der Waals surface area contributed by atoms with Crippen molar-refractivity contribution >= 4 is 5.57 Å². The highest BCUT2D eigenvalue weighted by Crippen LogP contribution is 2.31. The Kier molecular flexibility index (Phi) is 2.95. The average molecular weight is 204 g/mol. The summed E-state index contributed by atoms with van der Waals surface area (Å²) >= 11 is 0. The molecular weight excluding hydrogens is 188 g/mol. The lowest BCUT2D eigenvalue weighted by Crippen LogP contribution is -1.92. The predicted octanol–water partition coefficient (Wildman–Crippen LogP) is 3.36. The van der Waals surface area contributed by atoms with Gasteiger partial charge in [-0.05, 0) is 49.0 Å². The van der Waals surface area contributed by atoms with Crippen LogP contribution in [-0.2, 0) is 0 Å². The van der Waals surface area contributed by atoms with Gasteiger partial charge in [0.05, 0.1) is 7.11 Å². The van der Waals surface area contributed by atoms with Crippen molar-refractivity contribution in [1.82, 2.24) is 0 Å². The van der Waals surface area contributed by atoms with E-state index in [0.717, 1.165) is 24.2 Å². The molecule has 0 amide bonds. The van der Waals surface area contributed by atoms with E-state index in [-0.39, 0.29) is 5.75 Å². The van der Waals surface area contributed by atoms with E-state index in [1.54, 1.807) is 19.2 Å². The number of hydrogen-bond acceptors (Lipinski definition) is 2. The fourth-order valence-corrected chi connectivity index (χ4v) is 1.99. The van der Waals surface area contributed by atoms with Crippen molar-refractivity contribution in [2.75, 3.05) is 7.11 Å². The monoisotopic (exact) mass is 204 g/mol. The second-order valence-electron chi connectivity index (χ2n) is 3.89. The number of hydrogen-bond donors (Lipinski definition) is 1. The molecule has 0 aromatic heterocycles. The summed E-state index contributed by atoms with van der Waals surface area (Å²) in [5.41, 5.74) is 2.42. The quantitative estimate of drug-likeness (QED) is 0.800. The summed E-state index contributed by atoms with van der Waals surface area (Å²) in [6, 6.07) is 5.42. The summed E-state index contributed by atoms with van der Waals surface area (Å²) in [4.78, 5) is 0. The molecule has 2 nitrogen and oxygen atoms in total. The molecule has 0 heterocycles. The fraction of sp³-hybridized carbons (Fsp3) is 0.385. The third-order valence-corrected chi connectivity index (χ3v) is 2.79. The van der Waals surface area contributed by atoms with Crippen LogP contribution in [0.1, 0.15) is 31.2 Å². The topological polar surface area (TPSA) is 29.5 Å². The summed E-state index contributed by atoms with van der Waals surface area (Å²) in [6.07, 6.45) is 7.03. The van der Waals surface area contributed by atoms with Crippen LogP contribution in [0.4, 0.5) is 0 Å². The summed E-state index contributed by atoms with van der Waals surface area (Å²) in [5.74, 6) is 0.993. The van der Waals surface area contributed by atoms with Crippen LogP contribution in [0.5, 0.6) is 11.5 Å². The van der Waals surface area contributed by atoms with Crippen LogP contribution in [0, 0.1) is 0 Å². The summed E-state index contributed by atoms with van der Waals surface area (Å²) in [7, 11) is 1.62. The first-order valence-corrected chi connectivity index (χ1v) is 5.37. The molecule has 15 heavy (non-hydrogen) atoms. The first-order valence-electron chi connectivity index (χ1n) is 5.37. The van der Waals surface area contributed by atoms with Crippen molar-refractivity contribution < 1.29 is 9.84 Å². The van der Waals surface area contributed by atoms with Crippen molar-refractivity contribution in [3.05, 3.63) is 29.8 Å². The Hall–Kier alpha value is -1.44. The zero-order chi connectivity index (χ0) is 10.7. The largest absolute Gasteiger partial charge is 0.508 e. The van der Waals surface area contributed by atoms with Crippen LogP contribution >= 0.6 is 0 Å². The van der Waals surface area contributed by atoms with E-state index >= 15 is 0 Å². The minimum absolute atomic E-state index is 0.274. The Morgan fingerprint density at radius 3 is 2.73 bits per heavy atom. The SMILES string of the molecule is COc1cc(O)cc(C2=CCCCC2)c1. The molecular formula is C13H16O2. The van der Waals surface area contributed by atoms with E-state index in [9.17, 15) is 5.11 Å². The van der Waals surface area contributed by atoms with E-state index in [4.69, 9.17) is 4.74 Å². The van der Waals surface area contributed by atoms with E-state index in [2.05, 4.69) is 6.08 Å². The molecule has 0 radical (unpaired) electrons. The highest BCUT2D eigenvalue weighted by atomic mass is 16.5. The molecule has 1 aromatic carbocycles. The minimum atomic E-state index is 0.274. The van der Waals surface area contributed by atoms with Gasteiger partial charge in [-0.2, -0.15) is 0 Å². The average Bonchev–Trinajstić information content (AvgIpc) is 2.29. The number of ether oxygens (including phenoxy) is 1. The number of phenols is 1. The van der Waals surface area contributed by atoms with Gasteiger partial charge >= 0.3 is 0 Å². The van der Waals surface area contributed by atoms with Crippen LogP contribution in [0.25, 0.3) is 5.57 Å². The molecule has 1 aliphatic carbocycles. The first kappa shape index (κ1) is 10.1. The third kappa shape index (κ3) is 2.32. The smallest absolute Gasteiger partial charge is 0.123 e. The lowest BCUT2D eigenvalue weighted by Gasteiger charge is -2.14. The molecule has 0 saturated carbocycles.